The molecule has 1 rings (SSSR count). The van der Waals surface area contributed by atoms with Crippen LogP contribution < -0.4 is 0 Å². The van der Waals surface area contributed by atoms with Crippen molar-refractivity contribution >= 4 is 33.4 Å². The Hall–Kier alpha value is -0.460. The summed E-state index contributed by atoms with van der Waals surface area (Å²) in [5, 5.41) is 11.2. The molecule has 2 atom stereocenters. The average Bonchev–Trinajstić information content (AvgIpc) is 2.30. The van der Waals surface area contributed by atoms with Crippen LogP contribution in [0.25, 0.3) is 0 Å². The second-order valence-corrected chi connectivity index (χ2v) is 5.70. The molecule has 0 aliphatic heterocycles. The van der Waals surface area contributed by atoms with Gasteiger partial charge in [-0.1, -0.05) is 24.3 Å². The van der Waals surface area contributed by atoms with Gasteiger partial charge in [0.2, 0.25) is 0 Å². The molecule has 0 bridgehead atoms. The lowest BCUT2D eigenvalue weighted by molar-refractivity contribution is 0.225. The second-order valence-electron chi connectivity index (χ2n) is 3.15. The Labute approximate surface area is 112 Å². The molecule has 1 unspecified atom stereocenters. The Bertz CT molecular complexity index is 401. The van der Waals surface area contributed by atoms with E-state index in [9.17, 15) is 9.32 Å². The van der Waals surface area contributed by atoms with Crippen molar-refractivity contribution in [1.82, 2.24) is 0 Å². The molecule has 1 N–H and O–H groups in total. The van der Waals surface area contributed by atoms with Crippen molar-refractivity contribution < 1.29 is 9.32 Å². The lowest BCUT2D eigenvalue weighted by Crippen LogP contribution is -2.05. The van der Waals surface area contributed by atoms with Crippen LogP contribution in [0.15, 0.2) is 56.9 Å². The van der Waals surface area contributed by atoms with Crippen LogP contribution in [-0.2, 0) is 10.8 Å². The maximum atomic E-state index is 11.9. The third-order valence-corrected chi connectivity index (χ3v) is 4.56. The molecular formula is C12H13IO2S. The fourth-order valence-electron chi connectivity index (χ4n) is 1.07. The summed E-state index contributed by atoms with van der Waals surface area (Å²) in [6, 6.07) is 9.16. The quantitative estimate of drug-likeness (QED) is 0.656. The molecule has 0 aliphatic rings. The van der Waals surface area contributed by atoms with Crippen molar-refractivity contribution in [1.29, 1.82) is 0 Å². The number of rotatable bonds is 5. The summed E-state index contributed by atoms with van der Waals surface area (Å²) in [6.45, 7) is 3.55. The molecule has 0 heterocycles. The molecule has 2 nitrogen and oxygen atoms in total. The van der Waals surface area contributed by atoms with E-state index < -0.39 is 16.9 Å². The van der Waals surface area contributed by atoms with Crippen molar-refractivity contribution in [3.8, 4) is 0 Å². The first-order valence-electron chi connectivity index (χ1n) is 4.77. The molecule has 0 radical (unpaired) electrons. The molecule has 0 amide bonds. The number of aliphatic hydroxyl groups is 1. The van der Waals surface area contributed by atoms with Gasteiger partial charge in [-0.15, -0.1) is 6.58 Å². The van der Waals surface area contributed by atoms with E-state index in [1.807, 2.05) is 40.8 Å². The SMILES string of the molecule is C=CC[C@H](O)/C(I)=C\S(=O)c1ccccc1. The van der Waals surface area contributed by atoms with Crippen molar-refractivity contribution in [2.45, 2.75) is 17.4 Å². The Morgan fingerprint density at radius 3 is 2.69 bits per heavy atom. The van der Waals surface area contributed by atoms with Gasteiger partial charge >= 0.3 is 0 Å². The highest BCUT2D eigenvalue weighted by molar-refractivity contribution is 14.1. The van der Waals surface area contributed by atoms with E-state index in [0.717, 1.165) is 4.90 Å². The molecule has 4 heteroatoms. The summed E-state index contributed by atoms with van der Waals surface area (Å²) in [6.07, 6.45) is 1.51. The normalized spacial score (nSPS) is 15.5. The van der Waals surface area contributed by atoms with Crippen LogP contribution in [0.4, 0.5) is 0 Å². The van der Waals surface area contributed by atoms with Gasteiger partial charge in [0.25, 0.3) is 0 Å². The molecule has 0 aromatic heterocycles. The molecule has 1 aromatic rings. The van der Waals surface area contributed by atoms with E-state index in [1.54, 1.807) is 23.6 Å². The van der Waals surface area contributed by atoms with Crippen molar-refractivity contribution in [3.63, 3.8) is 0 Å². The van der Waals surface area contributed by atoms with Crippen LogP contribution in [0.2, 0.25) is 0 Å². The zero-order chi connectivity index (χ0) is 12.0. The maximum Gasteiger partial charge on any atom is 0.0886 e. The van der Waals surface area contributed by atoms with Crippen LogP contribution in [0, 0.1) is 0 Å². The highest BCUT2D eigenvalue weighted by Gasteiger charge is 2.08. The van der Waals surface area contributed by atoms with Gasteiger partial charge in [0.05, 0.1) is 16.9 Å². The minimum absolute atomic E-state index is 0.473. The van der Waals surface area contributed by atoms with E-state index in [-0.39, 0.29) is 0 Å². The number of benzene rings is 1. The molecule has 0 fully saturated rings. The standard InChI is InChI=1S/C12H13IO2S/c1-2-6-12(14)11(13)9-16(15)10-7-4-3-5-8-10/h2-5,7-9,12,14H,1,6H2/b11-9+/t12-,16?/m0/s1. The highest BCUT2D eigenvalue weighted by atomic mass is 127. The second kappa shape index (κ2) is 6.98. The first-order chi connectivity index (χ1) is 7.65. The molecule has 0 saturated carbocycles. The van der Waals surface area contributed by atoms with Gasteiger partial charge in [0.1, 0.15) is 0 Å². The predicted molar refractivity (Wildman–Crippen MR) is 75.8 cm³/mol. The lowest BCUT2D eigenvalue weighted by Gasteiger charge is -2.06. The van der Waals surface area contributed by atoms with Gasteiger partial charge in [-0.3, -0.25) is 0 Å². The third kappa shape index (κ3) is 4.19. The summed E-state index contributed by atoms with van der Waals surface area (Å²) in [5.41, 5.74) is 0. The van der Waals surface area contributed by atoms with E-state index >= 15 is 0 Å². The number of aliphatic hydroxyl groups excluding tert-OH is 1. The van der Waals surface area contributed by atoms with Gasteiger partial charge in [0, 0.05) is 13.9 Å². The summed E-state index contributed by atoms with van der Waals surface area (Å²) in [7, 11) is -1.20. The average molecular weight is 348 g/mol. The van der Waals surface area contributed by atoms with Crippen LogP contribution in [0.1, 0.15) is 6.42 Å². The summed E-state index contributed by atoms with van der Waals surface area (Å²) >= 11 is 2.00. The summed E-state index contributed by atoms with van der Waals surface area (Å²) in [5.74, 6) is 0. The molecule has 1 aromatic carbocycles. The van der Waals surface area contributed by atoms with Gasteiger partial charge in [-0.05, 0) is 41.1 Å². The lowest BCUT2D eigenvalue weighted by atomic mass is 10.2. The number of hydrogen-bond acceptors (Lipinski definition) is 2. The zero-order valence-corrected chi connectivity index (χ0v) is 11.6. The van der Waals surface area contributed by atoms with Gasteiger partial charge in [-0.25, -0.2) is 4.21 Å². The minimum Gasteiger partial charge on any atom is -0.388 e. The topological polar surface area (TPSA) is 37.3 Å². The largest absolute Gasteiger partial charge is 0.388 e. The molecule has 0 saturated heterocycles. The van der Waals surface area contributed by atoms with Crippen LogP contribution in [0.3, 0.4) is 0 Å². The van der Waals surface area contributed by atoms with E-state index in [0.29, 0.717) is 10.0 Å². The molecule has 86 valence electrons. The molecular weight excluding hydrogens is 335 g/mol. The predicted octanol–water partition coefficient (Wildman–Crippen LogP) is 3.01. The number of halogens is 1. The fourth-order valence-corrected chi connectivity index (χ4v) is 2.94. The Morgan fingerprint density at radius 1 is 1.50 bits per heavy atom. The maximum absolute atomic E-state index is 11.9. The van der Waals surface area contributed by atoms with Crippen LogP contribution >= 0.6 is 22.6 Å². The van der Waals surface area contributed by atoms with Crippen molar-refractivity contribution in [3.05, 3.63) is 52.0 Å². The molecule has 16 heavy (non-hydrogen) atoms. The van der Waals surface area contributed by atoms with Crippen LogP contribution in [-0.4, -0.2) is 15.4 Å². The van der Waals surface area contributed by atoms with E-state index in [1.165, 1.54) is 0 Å². The fraction of sp³-hybridized carbons (Fsp3) is 0.167. The van der Waals surface area contributed by atoms with E-state index in [2.05, 4.69) is 6.58 Å². The molecule has 0 spiro atoms. The van der Waals surface area contributed by atoms with Crippen LogP contribution in [0.5, 0.6) is 0 Å². The Balaban J connectivity index is 2.77. The van der Waals surface area contributed by atoms with Gasteiger partial charge < -0.3 is 5.11 Å². The Kier molecular flexibility index (Phi) is 5.94. The van der Waals surface area contributed by atoms with Gasteiger partial charge in [0.15, 0.2) is 0 Å². The van der Waals surface area contributed by atoms with Gasteiger partial charge in [-0.2, -0.15) is 0 Å². The first kappa shape index (κ1) is 13.6. The highest BCUT2D eigenvalue weighted by Crippen LogP contribution is 2.18. The minimum atomic E-state index is -1.20. The number of hydrogen-bond donors (Lipinski definition) is 1. The van der Waals surface area contributed by atoms with Crippen molar-refractivity contribution in [2.24, 2.45) is 0 Å². The van der Waals surface area contributed by atoms with Crippen molar-refractivity contribution in [2.75, 3.05) is 0 Å². The molecule has 0 aliphatic carbocycles. The third-order valence-electron chi connectivity index (χ3n) is 1.90. The Morgan fingerprint density at radius 2 is 2.12 bits per heavy atom. The first-order valence-corrected chi connectivity index (χ1v) is 7.06. The summed E-state index contributed by atoms with van der Waals surface area (Å²) in [4.78, 5) is 0.738. The smallest absolute Gasteiger partial charge is 0.0886 e. The zero-order valence-electron chi connectivity index (χ0n) is 8.67. The summed E-state index contributed by atoms with van der Waals surface area (Å²) < 4.78 is 12.5. The van der Waals surface area contributed by atoms with E-state index in [4.69, 9.17) is 0 Å². The monoisotopic (exact) mass is 348 g/mol.